The molecule has 4 heteroatoms. The summed E-state index contributed by atoms with van der Waals surface area (Å²) in [5.74, 6) is 0.702. The van der Waals surface area contributed by atoms with Crippen LogP contribution in [0.15, 0.2) is 231 Å². The van der Waals surface area contributed by atoms with E-state index in [-0.39, 0.29) is 0 Å². The highest BCUT2D eigenvalue weighted by atomic mass is 15.0. The molecule has 0 aliphatic heterocycles. The van der Waals surface area contributed by atoms with Crippen molar-refractivity contribution in [3.8, 4) is 67.5 Å². The number of rotatable bonds is 7. The molecule has 12 aromatic rings. The summed E-state index contributed by atoms with van der Waals surface area (Å²) in [4.78, 5) is 10.2. The Bertz CT molecular complexity index is 3550. The van der Waals surface area contributed by atoms with E-state index in [9.17, 15) is 0 Å². The van der Waals surface area contributed by atoms with Gasteiger partial charge in [-0.1, -0.05) is 158 Å². The monoisotopic (exact) mass is 790 g/mol. The van der Waals surface area contributed by atoms with E-state index in [2.05, 4.69) is 215 Å². The van der Waals surface area contributed by atoms with Crippen LogP contribution in [0.3, 0.4) is 0 Å². The summed E-state index contributed by atoms with van der Waals surface area (Å²) >= 11 is 0. The number of fused-ring (bicyclic) bond motifs is 6. The van der Waals surface area contributed by atoms with Crippen molar-refractivity contribution in [3.05, 3.63) is 231 Å². The first kappa shape index (κ1) is 35.6. The third kappa shape index (κ3) is 6.08. The molecule has 0 aliphatic rings. The molecule has 0 atom stereocenters. The van der Waals surface area contributed by atoms with E-state index in [4.69, 9.17) is 9.97 Å². The van der Waals surface area contributed by atoms with Gasteiger partial charge >= 0.3 is 0 Å². The van der Waals surface area contributed by atoms with Crippen LogP contribution in [0.1, 0.15) is 0 Å². The first-order chi connectivity index (χ1) is 30.7. The average molecular weight is 791 g/mol. The van der Waals surface area contributed by atoms with Crippen LogP contribution in [0.4, 0.5) is 0 Å². The smallest absolute Gasteiger partial charge is 0.160 e. The third-order valence-electron chi connectivity index (χ3n) is 12.1. The lowest BCUT2D eigenvalue weighted by molar-refractivity contribution is 1.16. The minimum absolute atomic E-state index is 0.702. The molecule has 12 rings (SSSR count). The molecule has 0 fully saturated rings. The zero-order chi connectivity index (χ0) is 41.0. The van der Waals surface area contributed by atoms with Crippen LogP contribution in [0, 0.1) is 0 Å². The van der Waals surface area contributed by atoms with Gasteiger partial charge in [-0.2, -0.15) is 0 Å². The molecule has 62 heavy (non-hydrogen) atoms. The van der Waals surface area contributed by atoms with Crippen LogP contribution < -0.4 is 0 Å². The zero-order valence-electron chi connectivity index (χ0n) is 33.7. The summed E-state index contributed by atoms with van der Waals surface area (Å²) in [6.07, 6.45) is 0. The topological polar surface area (TPSA) is 35.6 Å². The Morgan fingerprint density at radius 1 is 0.242 bits per heavy atom. The second-order valence-corrected chi connectivity index (χ2v) is 15.8. The van der Waals surface area contributed by atoms with Crippen LogP contribution in [0.25, 0.3) is 111 Å². The normalized spacial score (nSPS) is 11.5. The number of para-hydroxylation sites is 2. The van der Waals surface area contributed by atoms with Crippen molar-refractivity contribution in [1.82, 2.24) is 19.1 Å². The number of nitrogens with zero attached hydrogens (tertiary/aromatic N) is 4. The molecule has 0 spiro atoms. The predicted octanol–water partition coefficient (Wildman–Crippen LogP) is 15.0. The number of hydrogen-bond donors (Lipinski definition) is 0. The maximum Gasteiger partial charge on any atom is 0.160 e. The van der Waals surface area contributed by atoms with Crippen molar-refractivity contribution in [3.63, 3.8) is 0 Å². The Morgan fingerprint density at radius 3 is 1.27 bits per heavy atom. The Kier molecular flexibility index (Phi) is 8.46. The van der Waals surface area contributed by atoms with Gasteiger partial charge in [0.1, 0.15) is 0 Å². The summed E-state index contributed by atoms with van der Waals surface area (Å²) < 4.78 is 4.78. The van der Waals surface area contributed by atoms with Crippen LogP contribution >= 0.6 is 0 Å². The summed E-state index contributed by atoms with van der Waals surface area (Å²) in [5, 5.41) is 4.89. The van der Waals surface area contributed by atoms with Crippen LogP contribution in [-0.2, 0) is 0 Å². The van der Waals surface area contributed by atoms with E-state index in [1.807, 2.05) is 24.3 Å². The van der Waals surface area contributed by atoms with Crippen molar-refractivity contribution in [2.75, 3.05) is 0 Å². The second-order valence-electron chi connectivity index (χ2n) is 15.8. The molecule has 0 saturated heterocycles. The van der Waals surface area contributed by atoms with Crippen molar-refractivity contribution < 1.29 is 0 Å². The van der Waals surface area contributed by atoms with E-state index in [0.717, 1.165) is 50.5 Å². The second kappa shape index (κ2) is 14.7. The highest BCUT2D eigenvalue weighted by Gasteiger charge is 2.18. The molecule has 0 radical (unpaired) electrons. The standard InChI is InChI=1S/C58H38N4/c1-5-16-39(17-6-1)42-28-31-56-50(35-42)51-37-44(43-29-32-55-49(36-43)48-26-13-14-27-54(48)61(55)46-23-11-4-12-24-46)30-33-57(51)62(56)47-25-15-22-45(34-47)53-38-52(40-18-7-2-8-19-40)59-58(60-53)41-20-9-3-10-21-41/h1-38H. The first-order valence-electron chi connectivity index (χ1n) is 21.1. The Hall–Kier alpha value is -8.34. The molecule has 3 heterocycles. The summed E-state index contributed by atoms with van der Waals surface area (Å²) in [7, 11) is 0. The fraction of sp³-hybridized carbons (Fsp3) is 0. The van der Waals surface area contributed by atoms with E-state index < -0.39 is 0 Å². The Balaban J connectivity index is 1.04. The summed E-state index contributed by atoms with van der Waals surface area (Å²) in [6, 6.07) is 82.3. The lowest BCUT2D eigenvalue weighted by Crippen LogP contribution is -1.98. The van der Waals surface area contributed by atoms with Gasteiger partial charge in [0.15, 0.2) is 5.82 Å². The molecule has 0 saturated carbocycles. The fourth-order valence-corrected chi connectivity index (χ4v) is 9.17. The number of hydrogen-bond acceptors (Lipinski definition) is 2. The molecular formula is C58H38N4. The lowest BCUT2D eigenvalue weighted by atomic mass is 9.99. The van der Waals surface area contributed by atoms with Gasteiger partial charge in [-0.15, -0.1) is 0 Å². The fourth-order valence-electron chi connectivity index (χ4n) is 9.17. The van der Waals surface area contributed by atoms with Crippen LogP contribution in [0.5, 0.6) is 0 Å². The third-order valence-corrected chi connectivity index (χ3v) is 12.1. The van der Waals surface area contributed by atoms with Gasteiger partial charge in [0.2, 0.25) is 0 Å². The molecule has 0 bridgehead atoms. The number of aromatic nitrogens is 4. The van der Waals surface area contributed by atoms with Gasteiger partial charge in [0, 0.05) is 49.6 Å². The SMILES string of the molecule is c1ccc(-c2ccc3c(c2)c2cc(-c4ccc5c(c4)c4ccccc4n5-c4ccccc4)ccc2n3-c2cccc(-c3cc(-c4ccccc4)nc(-c4ccccc4)n3)c2)cc1. The molecule has 4 nitrogen and oxygen atoms in total. The molecule has 9 aromatic carbocycles. The van der Waals surface area contributed by atoms with Crippen molar-refractivity contribution in [2.24, 2.45) is 0 Å². The molecule has 0 unspecified atom stereocenters. The summed E-state index contributed by atoms with van der Waals surface area (Å²) in [6.45, 7) is 0. The van der Waals surface area contributed by atoms with Gasteiger partial charge in [-0.05, 0) is 95.1 Å². The van der Waals surface area contributed by atoms with Crippen LogP contribution in [0.2, 0.25) is 0 Å². The Labute approximate surface area is 359 Å². The van der Waals surface area contributed by atoms with Crippen molar-refractivity contribution >= 4 is 43.6 Å². The lowest BCUT2D eigenvalue weighted by Gasteiger charge is -2.12. The minimum atomic E-state index is 0.702. The molecule has 290 valence electrons. The van der Waals surface area contributed by atoms with Gasteiger partial charge < -0.3 is 9.13 Å². The van der Waals surface area contributed by atoms with E-state index in [1.54, 1.807) is 0 Å². The van der Waals surface area contributed by atoms with Crippen LogP contribution in [-0.4, -0.2) is 19.1 Å². The highest BCUT2D eigenvalue weighted by Crippen LogP contribution is 2.40. The van der Waals surface area contributed by atoms with Gasteiger partial charge in [-0.25, -0.2) is 9.97 Å². The van der Waals surface area contributed by atoms with Gasteiger partial charge in [0.05, 0.1) is 33.5 Å². The maximum atomic E-state index is 5.17. The molecule has 0 amide bonds. The quantitative estimate of drug-likeness (QED) is 0.161. The summed E-state index contributed by atoms with van der Waals surface area (Å²) in [5.41, 5.74) is 16.5. The highest BCUT2D eigenvalue weighted by molar-refractivity contribution is 6.13. The Morgan fingerprint density at radius 2 is 0.661 bits per heavy atom. The van der Waals surface area contributed by atoms with Crippen molar-refractivity contribution in [2.45, 2.75) is 0 Å². The van der Waals surface area contributed by atoms with Crippen molar-refractivity contribution in [1.29, 1.82) is 0 Å². The molecular weight excluding hydrogens is 753 g/mol. The molecule has 0 N–H and O–H groups in total. The van der Waals surface area contributed by atoms with E-state index >= 15 is 0 Å². The minimum Gasteiger partial charge on any atom is -0.309 e. The molecule has 3 aromatic heterocycles. The predicted molar refractivity (Wildman–Crippen MR) is 258 cm³/mol. The van der Waals surface area contributed by atoms with Gasteiger partial charge in [-0.3, -0.25) is 0 Å². The average Bonchev–Trinajstić information content (AvgIpc) is 3.87. The number of benzene rings is 9. The van der Waals surface area contributed by atoms with E-state index in [1.165, 1.54) is 54.8 Å². The molecule has 0 aliphatic carbocycles. The first-order valence-corrected chi connectivity index (χ1v) is 21.1. The van der Waals surface area contributed by atoms with Gasteiger partial charge in [0.25, 0.3) is 0 Å². The van der Waals surface area contributed by atoms with E-state index in [0.29, 0.717) is 5.82 Å². The largest absolute Gasteiger partial charge is 0.309 e. The zero-order valence-corrected chi connectivity index (χ0v) is 33.7. The maximum absolute atomic E-state index is 5.17.